The molecule has 0 aliphatic heterocycles. The minimum Gasteiger partial charge on any atom is -0.454 e. The molecular formula is C29H24F2N2O6S2. The van der Waals surface area contributed by atoms with Crippen LogP contribution in [0.3, 0.4) is 0 Å². The molecule has 0 atom stereocenters. The van der Waals surface area contributed by atoms with Crippen molar-refractivity contribution in [3.8, 4) is 22.6 Å². The Morgan fingerprint density at radius 2 is 1.51 bits per heavy atom. The minimum atomic E-state index is -4.03. The molecule has 41 heavy (non-hydrogen) atoms. The number of rotatable bonds is 8. The van der Waals surface area contributed by atoms with Crippen LogP contribution in [0.1, 0.15) is 11.1 Å². The molecule has 3 aromatic carbocycles. The zero-order chi connectivity index (χ0) is 29.5. The Hall–Kier alpha value is -4.29. The van der Waals surface area contributed by atoms with Crippen molar-refractivity contribution in [3.63, 3.8) is 0 Å². The summed E-state index contributed by atoms with van der Waals surface area (Å²) in [5.41, 5.74) is 0.829. The van der Waals surface area contributed by atoms with E-state index in [1.54, 1.807) is 30.3 Å². The van der Waals surface area contributed by atoms with Crippen LogP contribution in [-0.4, -0.2) is 31.6 Å². The highest BCUT2D eigenvalue weighted by Gasteiger charge is 2.23. The van der Waals surface area contributed by atoms with Crippen molar-refractivity contribution in [1.82, 2.24) is 8.54 Å². The number of pyridine rings is 1. The van der Waals surface area contributed by atoms with Gasteiger partial charge in [-0.25, -0.2) is 29.6 Å². The third-order valence-electron chi connectivity index (χ3n) is 6.36. The molecule has 5 rings (SSSR count). The molecule has 0 N–H and O–H groups in total. The molecule has 0 saturated carbocycles. The molecule has 8 nitrogen and oxygen atoms in total. The maximum Gasteiger partial charge on any atom is 0.275 e. The Balaban J connectivity index is 1.72. The van der Waals surface area contributed by atoms with Crippen molar-refractivity contribution in [2.24, 2.45) is 7.05 Å². The van der Waals surface area contributed by atoms with Gasteiger partial charge in [-0.1, -0.05) is 36.4 Å². The van der Waals surface area contributed by atoms with E-state index in [0.29, 0.717) is 22.8 Å². The van der Waals surface area contributed by atoms with Gasteiger partial charge in [-0.3, -0.25) is 4.79 Å². The number of hydrogen-bond acceptors (Lipinski definition) is 6. The van der Waals surface area contributed by atoms with Gasteiger partial charge in [0.1, 0.15) is 17.1 Å². The number of ether oxygens (including phenoxy) is 1. The average Bonchev–Trinajstić information content (AvgIpc) is 3.35. The number of aromatic nitrogens is 2. The van der Waals surface area contributed by atoms with Gasteiger partial charge >= 0.3 is 0 Å². The Kier molecular flexibility index (Phi) is 7.30. The molecule has 0 aliphatic carbocycles. The molecule has 0 aliphatic rings. The van der Waals surface area contributed by atoms with Crippen molar-refractivity contribution >= 4 is 30.8 Å². The Bertz CT molecular complexity index is 2070. The third kappa shape index (κ3) is 5.93. The Labute approximate surface area is 235 Å². The topological polar surface area (TPSA) is 104 Å². The lowest BCUT2D eigenvalue weighted by atomic mass is 10.0. The van der Waals surface area contributed by atoms with Crippen molar-refractivity contribution in [2.45, 2.75) is 11.5 Å². The van der Waals surface area contributed by atoms with Crippen molar-refractivity contribution in [2.75, 3.05) is 6.26 Å². The first-order chi connectivity index (χ1) is 19.3. The van der Waals surface area contributed by atoms with Crippen molar-refractivity contribution < 1.29 is 30.4 Å². The van der Waals surface area contributed by atoms with Gasteiger partial charge in [0.15, 0.2) is 21.4 Å². The van der Waals surface area contributed by atoms with E-state index in [1.807, 2.05) is 0 Å². The van der Waals surface area contributed by atoms with Gasteiger partial charge < -0.3 is 9.30 Å². The second-order valence-electron chi connectivity index (χ2n) is 9.65. The molecule has 212 valence electrons. The zero-order valence-corrected chi connectivity index (χ0v) is 23.5. The predicted octanol–water partition coefficient (Wildman–Crippen LogP) is 5.00. The second kappa shape index (κ2) is 10.6. The van der Waals surface area contributed by atoms with E-state index in [9.17, 15) is 30.4 Å². The monoisotopic (exact) mass is 598 g/mol. The van der Waals surface area contributed by atoms with Gasteiger partial charge in [-0.15, -0.1) is 0 Å². The molecule has 0 radical (unpaired) electrons. The highest BCUT2D eigenvalue weighted by atomic mass is 32.2. The molecule has 0 amide bonds. The number of benzene rings is 3. The molecule has 0 saturated heterocycles. The fourth-order valence-electron chi connectivity index (χ4n) is 4.58. The van der Waals surface area contributed by atoms with E-state index < -0.39 is 37.1 Å². The second-order valence-corrected chi connectivity index (χ2v) is 13.6. The fourth-order valence-corrected chi connectivity index (χ4v) is 6.82. The lowest BCUT2D eigenvalue weighted by Crippen LogP contribution is -2.23. The smallest absolute Gasteiger partial charge is 0.275 e. The van der Waals surface area contributed by atoms with E-state index >= 15 is 0 Å². The summed E-state index contributed by atoms with van der Waals surface area (Å²) in [6.07, 6.45) is 3.83. The fraction of sp³-hybridized carbons (Fsp3) is 0.138. The first kappa shape index (κ1) is 28.2. The molecule has 0 bridgehead atoms. The summed E-state index contributed by atoms with van der Waals surface area (Å²) in [5.74, 6) is -2.63. The lowest BCUT2D eigenvalue weighted by molar-refractivity contribution is 0.439. The van der Waals surface area contributed by atoms with Crippen molar-refractivity contribution in [3.05, 3.63) is 118 Å². The van der Waals surface area contributed by atoms with Crippen LogP contribution < -0.4 is 10.3 Å². The number of nitrogens with zero attached hydrogens (tertiary/aromatic N) is 2. The summed E-state index contributed by atoms with van der Waals surface area (Å²) in [4.78, 5) is 13.3. The van der Waals surface area contributed by atoms with Crippen LogP contribution in [-0.2, 0) is 38.4 Å². The highest BCUT2D eigenvalue weighted by molar-refractivity contribution is 7.90. The highest BCUT2D eigenvalue weighted by Crippen LogP contribution is 2.39. The zero-order valence-electron chi connectivity index (χ0n) is 21.9. The number of fused-ring (bicyclic) bond motifs is 1. The number of hydrogen-bond donors (Lipinski definition) is 0. The number of sulfone groups is 1. The molecule has 0 fully saturated rings. The van der Waals surface area contributed by atoms with Crippen LogP contribution in [0.5, 0.6) is 11.5 Å². The summed E-state index contributed by atoms with van der Waals surface area (Å²) < 4.78 is 86.9. The lowest BCUT2D eigenvalue weighted by Gasteiger charge is -2.16. The van der Waals surface area contributed by atoms with E-state index in [2.05, 4.69) is 0 Å². The molecular weight excluding hydrogens is 574 g/mol. The van der Waals surface area contributed by atoms with Gasteiger partial charge in [0.2, 0.25) is 10.0 Å². The van der Waals surface area contributed by atoms with Crippen LogP contribution in [0.25, 0.3) is 22.0 Å². The Morgan fingerprint density at radius 3 is 2.20 bits per heavy atom. The predicted molar refractivity (Wildman–Crippen MR) is 152 cm³/mol. The quantitative estimate of drug-likeness (QED) is 0.249. The van der Waals surface area contributed by atoms with Crippen LogP contribution in [0.15, 0.2) is 90.0 Å². The van der Waals surface area contributed by atoms with E-state index in [-0.39, 0.29) is 39.5 Å². The van der Waals surface area contributed by atoms with Crippen LogP contribution >= 0.6 is 0 Å². The van der Waals surface area contributed by atoms with Crippen LogP contribution in [0.4, 0.5) is 8.78 Å². The van der Waals surface area contributed by atoms with E-state index in [4.69, 9.17) is 4.74 Å². The average molecular weight is 599 g/mol. The van der Waals surface area contributed by atoms with Gasteiger partial charge in [0, 0.05) is 48.3 Å². The SMILES string of the molecule is Cn1cc(-c2cc(CS(C)(=O)=O)ccc2Oc2ccc(F)cc2F)c2ccn(S(=O)(=O)Cc3ccccc3)c2c1=O. The first-order valence-corrected chi connectivity index (χ1v) is 15.9. The first-order valence-electron chi connectivity index (χ1n) is 12.2. The molecule has 12 heteroatoms. The Morgan fingerprint density at radius 1 is 0.805 bits per heavy atom. The van der Waals surface area contributed by atoms with Gasteiger partial charge in [-0.2, -0.15) is 0 Å². The third-order valence-corrected chi connectivity index (χ3v) is 8.82. The van der Waals surface area contributed by atoms with Gasteiger partial charge in [-0.05, 0) is 41.5 Å². The number of aryl methyl sites for hydroxylation is 1. The molecule has 2 heterocycles. The summed E-state index contributed by atoms with van der Waals surface area (Å²) >= 11 is 0. The summed E-state index contributed by atoms with van der Waals surface area (Å²) in [5, 5.41) is 0.255. The minimum absolute atomic E-state index is 0.0765. The number of halogens is 2. The summed E-state index contributed by atoms with van der Waals surface area (Å²) in [6.45, 7) is 0. The largest absolute Gasteiger partial charge is 0.454 e. The molecule has 5 aromatic rings. The van der Waals surface area contributed by atoms with Gasteiger partial charge in [0.25, 0.3) is 5.56 Å². The molecule has 0 spiro atoms. The normalized spacial score (nSPS) is 12.1. The van der Waals surface area contributed by atoms with Gasteiger partial charge in [0.05, 0.1) is 11.5 Å². The maximum atomic E-state index is 14.5. The van der Waals surface area contributed by atoms with E-state index in [0.717, 1.165) is 22.4 Å². The summed E-state index contributed by atoms with van der Waals surface area (Å²) in [6, 6.07) is 17.3. The van der Waals surface area contributed by atoms with Crippen LogP contribution in [0.2, 0.25) is 0 Å². The molecule has 2 aromatic heterocycles. The van der Waals surface area contributed by atoms with Crippen LogP contribution in [0, 0.1) is 11.6 Å². The summed E-state index contributed by atoms with van der Waals surface area (Å²) in [7, 11) is -6.02. The standard InChI is InChI=1S/C29H24F2N2O6S2/c1-32-16-24(22-12-13-33(28(22)29(32)34)41(37,38)18-19-6-4-3-5-7-19)23-14-20(17-40(2,35)36)8-10-26(23)39-27-11-9-21(30)15-25(27)31/h3-16H,17-18H2,1-2H3. The molecule has 0 unspecified atom stereocenters. The maximum absolute atomic E-state index is 14.5. The van der Waals surface area contributed by atoms with E-state index in [1.165, 1.54) is 48.3 Å². The van der Waals surface area contributed by atoms with Crippen molar-refractivity contribution in [1.29, 1.82) is 0 Å².